The Balaban J connectivity index is 2.27. The normalized spacial score (nSPS) is 30.4. The smallest absolute Gasteiger partial charge is 0.0728 e. The highest BCUT2D eigenvalue weighted by atomic mass is 16.3. The second-order valence-corrected chi connectivity index (χ2v) is 5.33. The van der Waals surface area contributed by atoms with Gasteiger partial charge in [-0.05, 0) is 24.0 Å². The molecular formula is C13H16O. The first kappa shape index (κ1) is 8.49. The van der Waals surface area contributed by atoms with Gasteiger partial charge in [-0.2, -0.15) is 0 Å². The number of benzene rings is 1. The van der Waals surface area contributed by atoms with Crippen molar-refractivity contribution in [1.29, 1.82) is 0 Å². The quantitative estimate of drug-likeness (QED) is 0.662. The summed E-state index contributed by atoms with van der Waals surface area (Å²) in [5, 5.41) is 10.4. The van der Waals surface area contributed by atoms with E-state index in [1.165, 1.54) is 11.1 Å². The van der Waals surface area contributed by atoms with E-state index >= 15 is 0 Å². The maximum Gasteiger partial charge on any atom is 0.0728 e. The van der Waals surface area contributed by atoms with Gasteiger partial charge in [-0.25, -0.2) is 0 Å². The van der Waals surface area contributed by atoms with Gasteiger partial charge in [-0.3, -0.25) is 0 Å². The topological polar surface area (TPSA) is 20.2 Å². The predicted molar refractivity (Wildman–Crippen MR) is 56.4 cm³/mol. The van der Waals surface area contributed by atoms with Crippen molar-refractivity contribution in [2.45, 2.75) is 43.6 Å². The van der Waals surface area contributed by atoms with Crippen LogP contribution < -0.4 is 0 Å². The van der Waals surface area contributed by atoms with Gasteiger partial charge in [0.2, 0.25) is 0 Å². The van der Waals surface area contributed by atoms with Crippen molar-refractivity contribution in [2.75, 3.05) is 0 Å². The average molecular weight is 188 g/mol. The lowest BCUT2D eigenvalue weighted by Crippen LogP contribution is -2.34. The fourth-order valence-corrected chi connectivity index (χ4v) is 3.14. The molecule has 1 saturated carbocycles. The Hall–Kier alpha value is -0.820. The third kappa shape index (κ3) is 0.755. The van der Waals surface area contributed by atoms with Crippen LogP contribution in [0.15, 0.2) is 24.3 Å². The lowest BCUT2D eigenvalue weighted by molar-refractivity contribution is 0.0812. The number of fused-ring (bicyclic) bond motifs is 2. The second-order valence-electron chi connectivity index (χ2n) is 5.33. The molecule has 0 aromatic heterocycles. The average Bonchev–Trinajstić information content (AvgIpc) is 2.94. The molecule has 74 valence electrons. The standard InChI is InChI=1S/C13H16O/c1-12(2)9-5-3-4-6-10(9)13(7-8-13)11(12)14/h3-6,11,14H,7-8H2,1-2H3. The molecule has 1 aromatic carbocycles. The summed E-state index contributed by atoms with van der Waals surface area (Å²) in [6.45, 7) is 4.31. The second kappa shape index (κ2) is 2.22. The monoisotopic (exact) mass is 188 g/mol. The Labute approximate surface area is 84.8 Å². The van der Waals surface area contributed by atoms with Gasteiger partial charge >= 0.3 is 0 Å². The van der Waals surface area contributed by atoms with Crippen LogP contribution in [0.1, 0.15) is 37.8 Å². The molecule has 0 bridgehead atoms. The fraction of sp³-hybridized carbons (Fsp3) is 0.538. The largest absolute Gasteiger partial charge is 0.391 e. The molecule has 1 aromatic rings. The number of hydrogen-bond donors (Lipinski definition) is 1. The minimum atomic E-state index is -0.188. The minimum Gasteiger partial charge on any atom is -0.391 e. The molecule has 1 fully saturated rings. The van der Waals surface area contributed by atoms with Crippen molar-refractivity contribution < 1.29 is 5.11 Å². The summed E-state index contributed by atoms with van der Waals surface area (Å²) < 4.78 is 0. The molecule has 1 N–H and O–H groups in total. The SMILES string of the molecule is CC1(C)c2ccccc2C2(CC2)C1O. The molecule has 0 amide bonds. The van der Waals surface area contributed by atoms with E-state index in [0.29, 0.717) is 0 Å². The zero-order valence-corrected chi connectivity index (χ0v) is 8.75. The molecule has 1 spiro atoms. The van der Waals surface area contributed by atoms with Crippen molar-refractivity contribution in [1.82, 2.24) is 0 Å². The van der Waals surface area contributed by atoms with E-state index in [1.54, 1.807) is 0 Å². The number of rotatable bonds is 0. The van der Waals surface area contributed by atoms with Crippen LogP contribution in [-0.2, 0) is 10.8 Å². The molecule has 2 aliphatic rings. The van der Waals surface area contributed by atoms with Gasteiger partial charge in [0, 0.05) is 10.8 Å². The minimum absolute atomic E-state index is 0.0624. The number of aliphatic hydroxyl groups excluding tert-OH is 1. The van der Waals surface area contributed by atoms with E-state index < -0.39 is 0 Å². The molecule has 0 saturated heterocycles. The number of aliphatic hydroxyl groups is 1. The Kier molecular flexibility index (Phi) is 1.35. The summed E-state index contributed by atoms with van der Waals surface area (Å²) in [4.78, 5) is 0. The van der Waals surface area contributed by atoms with E-state index in [1.807, 2.05) is 0 Å². The zero-order valence-electron chi connectivity index (χ0n) is 8.75. The lowest BCUT2D eigenvalue weighted by Gasteiger charge is -2.26. The van der Waals surface area contributed by atoms with Gasteiger partial charge in [0.15, 0.2) is 0 Å². The van der Waals surface area contributed by atoms with E-state index in [-0.39, 0.29) is 16.9 Å². The maximum atomic E-state index is 10.4. The van der Waals surface area contributed by atoms with Gasteiger partial charge in [0.25, 0.3) is 0 Å². The highest BCUT2D eigenvalue weighted by Gasteiger charge is 2.61. The Bertz CT molecular complexity index is 363. The molecular weight excluding hydrogens is 172 g/mol. The van der Waals surface area contributed by atoms with Crippen molar-refractivity contribution >= 4 is 0 Å². The maximum absolute atomic E-state index is 10.4. The molecule has 2 aliphatic carbocycles. The summed E-state index contributed by atoms with van der Waals surface area (Å²) in [5.74, 6) is 0. The molecule has 3 rings (SSSR count). The van der Waals surface area contributed by atoms with E-state index in [9.17, 15) is 5.11 Å². The van der Waals surface area contributed by atoms with Crippen molar-refractivity contribution in [2.24, 2.45) is 0 Å². The van der Waals surface area contributed by atoms with Crippen LogP contribution in [0.25, 0.3) is 0 Å². The molecule has 1 unspecified atom stereocenters. The van der Waals surface area contributed by atoms with Crippen LogP contribution in [0.4, 0.5) is 0 Å². The van der Waals surface area contributed by atoms with Gasteiger partial charge in [-0.15, -0.1) is 0 Å². The molecule has 1 nitrogen and oxygen atoms in total. The first-order valence-electron chi connectivity index (χ1n) is 5.37. The molecule has 0 aliphatic heterocycles. The summed E-state index contributed by atoms with van der Waals surface area (Å²) >= 11 is 0. The van der Waals surface area contributed by atoms with Crippen molar-refractivity contribution in [3.05, 3.63) is 35.4 Å². The Morgan fingerprint density at radius 1 is 1.14 bits per heavy atom. The highest BCUT2D eigenvalue weighted by molar-refractivity contribution is 5.51. The predicted octanol–water partition coefficient (Wildman–Crippen LogP) is 2.37. The van der Waals surface area contributed by atoms with Gasteiger partial charge < -0.3 is 5.11 Å². The molecule has 1 atom stereocenters. The van der Waals surface area contributed by atoms with Gasteiger partial charge in [-0.1, -0.05) is 38.1 Å². The third-order valence-electron chi connectivity index (χ3n) is 4.15. The summed E-state index contributed by atoms with van der Waals surface area (Å²) in [5.41, 5.74) is 2.82. The number of hydrogen-bond acceptors (Lipinski definition) is 1. The third-order valence-corrected chi connectivity index (χ3v) is 4.15. The molecule has 0 heterocycles. The Morgan fingerprint density at radius 2 is 1.71 bits per heavy atom. The van der Waals surface area contributed by atoms with Crippen LogP contribution in [-0.4, -0.2) is 11.2 Å². The van der Waals surface area contributed by atoms with Crippen LogP contribution >= 0.6 is 0 Å². The lowest BCUT2D eigenvalue weighted by atomic mass is 9.83. The molecule has 14 heavy (non-hydrogen) atoms. The van der Waals surface area contributed by atoms with Crippen molar-refractivity contribution in [3.63, 3.8) is 0 Å². The first-order chi connectivity index (χ1) is 6.59. The summed E-state index contributed by atoms with van der Waals surface area (Å²) in [7, 11) is 0. The van der Waals surface area contributed by atoms with Crippen molar-refractivity contribution in [3.8, 4) is 0 Å². The van der Waals surface area contributed by atoms with Crippen LogP contribution in [0.2, 0.25) is 0 Å². The van der Waals surface area contributed by atoms with Gasteiger partial charge in [0.05, 0.1) is 6.10 Å². The van der Waals surface area contributed by atoms with Crippen LogP contribution in [0.5, 0.6) is 0 Å². The first-order valence-corrected chi connectivity index (χ1v) is 5.37. The highest BCUT2D eigenvalue weighted by Crippen LogP contribution is 2.62. The van der Waals surface area contributed by atoms with Crippen LogP contribution in [0, 0.1) is 0 Å². The van der Waals surface area contributed by atoms with E-state index in [4.69, 9.17) is 0 Å². The molecule has 0 radical (unpaired) electrons. The van der Waals surface area contributed by atoms with E-state index in [0.717, 1.165) is 12.8 Å². The molecule has 1 heteroatoms. The fourth-order valence-electron chi connectivity index (χ4n) is 3.14. The summed E-state index contributed by atoms with van der Waals surface area (Å²) in [6.07, 6.45) is 2.14. The Morgan fingerprint density at radius 3 is 2.29 bits per heavy atom. The van der Waals surface area contributed by atoms with Crippen LogP contribution in [0.3, 0.4) is 0 Å². The van der Waals surface area contributed by atoms with Gasteiger partial charge in [0.1, 0.15) is 0 Å². The zero-order chi connectivity index (χ0) is 9.97. The summed E-state index contributed by atoms with van der Waals surface area (Å²) in [6, 6.07) is 8.54. The van der Waals surface area contributed by atoms with E-state index in [2.05, 4.69) is 38.1 Å².